The number of anilines is 2. The molecule has 0 saturated heterocycles. The summed E-state index contributed by atoms with van der Waals surface area (Å²) in [6, 6.07) is 19.0. The van der Waals surface area contributed by atoms with Gasteiger partial charge in [-0.1, -0.05) is 18.2 Å². The van der Waals surface area contributed by atoms with Gasteiger partial charge in [-0.05, 0) is 48.5 Å². The summed E-state index contributed by atoms with van der Waals surface area (Å²) in [4.78, 5) is 18.8. The van der Waals surface area contributed by atoms with Gasteiger partial charge in [0.15, 0.2) is 0 Å². The lowest BCUT2D eigenvalue weighted by Gasteiger charge is -2.19. The third-order valence-electron chi connectivity index (χ3n) is 4.29. The predicted molar refractivity (Wildman–Crippen MR) is 108 cm³/mol. The summed E-state index contributed by atoms with van der Waals surface area (Å²) in [5, 5.41) is 3.16. The van der Waals surface area contributed by atoms with Crippen molar-refractivity contribution in [1.82, 2.24) is 9.88 Å². The van der Waals surface area contributed by atoms with E-state index in [-0.39, 0.29) is 11.7 Å². The third-order valence-corrected chi connectivity index (χ3v) is 4.29. The van der Waals surface area contributed by atoms with Crippen LogP contribution in [0.15, 0.2) is 72.9 Å². The number of halogens is 2. The highest BCUT2D eigenvalue weighted by atomic mass is 19.3. The largest absolute Gasteiger partial charge is 0.435 e. The molecule has 0 saturated carbocycles. The van der Waals surface area contributed by atoms with Crippen LogP contribution in [0.4, 0.5) is 20.2 Å². The first-order chi connectivity index (χ1) is 14.0. The van der Waals surface area contributed by atoms with Crippen LogP contribution in [0.1, 0.15) is 16.1 Å². The monoisotopic (exact) mass is 397 g/mol. The quantitative estimate of drug-likeness (QED) is 0.596. The van der Waals surface area contributed by atoms with Crippen LogP contribution in [0, 0.1) is 0 Å². The fourth-order valence-corrected chi connectivity index (χ4v) is 2.79. The Morgan fingerprint density at radius 3 is 2.48 bits per heavy atom. The molecule has 29 heavy (non-hydrogen) atoms. The average Bonchev–Trinajstić information content (AvgIpc) is 2.73. The van der Waals surface area contributed by atoms with E-state index in [0.29, 0.717) is 29.9 Å². The second-order valence-corrected chi connectivity index (χ2v) is 6.37. The van der Waals surface area contributed by atoms with E-state index in [1.54, 1.807) is 48.5 Å². The van der Waals surface area contributed by atoms with E-state index in [9.17, 15) is 13.6 Å². The molecular weight excluding hydrogens is 376 g/mol. The first-order valence-corrected chi connectivity index (χ1v) is 9.09. The zero-order valence-corrected chi connectivity index (χ0v) is 15.9. The number of pyridine rings is 1. The average molecular weight is 397 g/mol. The van der Waals surface area contributed by atoms with Gasteiger partial charge in [0.05, 0.1) is 11.3 Å². The minimum Gasteiger partial charge on any atom is -0.435 e. The van der Waals surface area contributed by atoms with Gasteiger partial charge in [-0.15, -0.1) is 0 Å². The highest BCUT2D eigenvalue weighted by molar-refractivity contribution is 6.00. The Labute approximate surface area is 168 Å². The Morgan fingerprint density at radius 1 is 1.07 bits per heavy atom. The molecule has 1 aromatic heterocycles. The molecule has 2 aromatic carbocycles. The van der Waals surface area contributed by atoms with Gasteiger partial charge in [0.1, 0.15) is 5.75 Å². The molecule has 0 atom stereocenters. The van der Waals surface area contributed by atoms with E-state index < -0.39 is 6.61 Å². The molecule has 3 aromatic rings. The summed E-state index contributed by atoms with van der Waals surface area (Å²) >= 11 is 0. The van der Waals surface area contributed by atoms with Gasteiger partial charge in [-0.25, -0.2) is 0 Å². The topological polar surface area (TPSA) is 54.5 Å². The van der Waals surface area contributed by atoms with E-state index >= 15 is 0 Å². The van der Waals surface area contributed by atoms with E-state index in [4.69, 9.17) is 0 Å². The number of rotatable bonds is 8. The van der Waals surface area contributed by atoms with Crippen molar-refractivity contribution in [3.63, 3.8) is 0 Å². The summed E-state index contributed by atoms with van der Waals surface area (Å²) in [7, 11) is 1.75. The number of carbonyl (C=O) groups excluding carboxylic acids is 1. The lowest BCUT2D eigenvalue weighted by atomic mass is 10.1. The van der Waals surface area contributed by atoms with Crippen molar-refractivity contribution in [2.45, 2.75) is 13.0 Å². The van der Waals surface area contributed by atoms with Crippen LogP contribution in [-0.4, -0.2) is 36.0 Å². The van der Waals surface area contributed by atoms with Crippen molar-refractivity contribution in [2.75, 3.05) is 18.9 Å². The van der Waals surface area contributed by atoms with Crippen molar-refractivity contribution in [3.8, 4) is 5.75 Å². The Bertz CT molecular complexity index is 934. The zero-order valence-electron chi connectivity index (χ0n) is 15.9. The molecule has 5 nitrogen and oxygen atoms in total. The van der Waals surface area contributed by atoms with Crippen LogP contribution in [0.3, 0.4) is 0 Å². The zero-order chi connectivity index (χ0) is 20.6. The van der Waals surface area contributed by atoms with Gasteiger partial charge >= 0.3 is 6.61 Å². The molecular formula is C22H21F2N3O2. The van der Waals surface area contributed by atoms with E-state index in [1.165, 1.54) is 12.1 Å². The van der Waals surface area contributed by atoms with E-state index in [1.807, 2.05) is 24.3 Å². The van der Waals surface area contributed by atoms with Crippen LogP contribution in [-0.2, 0) is 6.42 Å². The highest BCUT2D eigenvalue weighted by Crippen LogP contribution is 2.24. The Morgan fingerprint density at radius 2 is 1.79 bits per heavy atom. The maximum atomic E-state index is 12.9. The number of benzene rings is 2. The van der Waals surface area contributed by atoms with Crippen LogP contribution in [0.25, 0.3) is 0 Å². The lowest BCUT2D eigenvalue weighted by molar-refractivity contribution is -0.0498. The van der Waals surface area contributed by atoms with E-state index in [2.05, 4.69) is 15.0 Å². The SMILES string of the molecule is CN(CCc1ccccn1)C(=O)c1ccccc1Nc1ccc(OC(F)F)cc1. The van der Waals surface area contributed by atoms with Crippen LogP contribution in [0.5, 0.6) is 5.75 Å². The smallest absolute Gasteiger partial charge is 0.387 e. The summed E-state index contributed by atoms with van der Waals surface area (Å²) in [6.07, 6.45) is 2.39. The number of para-hydroxylation sites is 1. The van der Waals surface area contributed by atoms with Gasteiger partial charge in [0.25, 0.3) is 5.91 Å². The summed E-state index contributed by atoms with van der Waals surface area (Å²) in [5.74, 6) is -0.0501. The number of nitrogens with one attached hydrogen (secondary N) is 1. The molecule has 1 N–H and O–H groups in total. The minimum absolute atomic E-state index is 0.0733. The first-order valence-electron chi connectivity index (χ1n) is 9.09. The minimum atomic E-state index is -2.87. The molecule has 0 spiro atoms. The third kappa shape index (κ3) is 5.75. The fraction of sp³-hybridized carbons (Fsp3) is 0.182. The van der Waals surface area contributed by atoms with Gasteiger partial charge in [-0.2, -0.15) is 8.78 Å². The first kappa shape index (κ1) is 20.3. The Hall–Kier alpha value is -3.48. The molecule has 0 aliphatic carbocycles. The maximum Gasteiger partial charge on any atom is 0.387 e. The highest BCUT2D eigenvalue weighted by Gasteiger charge is 2.16. The molecule has 0 unspecified atom stereocenters. The van der Waals surface area contributed by atoms with E-state index in [0.717, 1.165) is 5.69 Å². The van der Waals surface area contributed by atoms with Gasteiger partial charge in [-0.3, -0.25) is 9.78 Å². The van der Waals surface area contributed by atoms with Crippen LogP contribution < -0.4 is 10.1 Å². The van der Waals surface area contributed by atoms with Crippen LogP contribution in [0.2, 0.25) is 0 Å². The van der Waals surface area contributed by atoms with Crippen molar-refractivity contribution >= 4 is 17.3 Å². The molecule has 3 rings (SSSR count). The number of hydrogen-bond acceptors (Lipinski definition) is 4. The van der Waals surface area contributed by atoms with Gasteiger partial charge < -0.3 is 15.0 Å². The Balaban J connectivity index is 1.68. The summed E-state index contributed by atoms with van der Waals surface area (Å²) in [5.41, 5.74) is 2.72. The number of likely N-dealkylation sites (N-methyl/N-ethyl adjacent to an activating group) is 1. The number of alkyl halides is 2. The molecule has 7 heteroatoms. The standard InChI is InChI=1S/C22H21F2N3O2/c1-27(15-13-16-6-4-5-14-25-16)21(28)19-7-2-3-8-20(19)26-17-9-11-18(12-10-17)29-22(23)24/h2-12,14,22,26H,13,15H2,1H3. The molecule has 1 amide bonds. The van der Waals surface area contributed by atoms with Crippen molar-refractivity contribution in [1.29, 1.82) is 0 Å². The number of carbonyl (C=O) groups is 1. The molecule has 0 bridgehead atoms. The molecule has 150 valence electrons. The summed E-state index contributed by atoms with van der Waals surface area (Å²) < 4.78 is 28.9. The fourth-order valence-electron chi connectivity index (χ4n) is 2.79. The van der Waals surface area contributed by atoms with Crippen molar-refractivity contribution in [2.24, 2.45) is 0 Å². The molecule has 0 aliphatic rings. The predicted octanol–water partition coefficient (Wildman–Crippen LogP) is 4.74. The van der Waals surface area contributed by atoms with Crippen LogP contribution >= 0.6 is 0 Å². The molecule has 0 fully saturated rings. The normalized spacial score (nSPS) is 10.6. The molecule has 0 radical (unpaired) electrons. The lowest BCUT2D eigenvalue weighted by Crippen LogP contribution is -2.29. The number of nitrogens with zero attached hydrogens (tertiary/aromatic N) is 2. The number of hydrogen-bond donors (Lipinski definition) is 1. The number of aromatic nitrogens is 1. The number of ether oxygens (including phenoxy) is 1. The maximum absolute atomic E-state index is 12.9. The van der Waals surface area contributed by atoms with Gasteiger partial charge in [0, 0.05) is 37.6 Å². The van der Waals surface area contributed by atoms with Crippen molar-refractivity contribution in [3.05, 3.63) is 84.2 Å². The Kier molecular flexibility index (Phi) is 6.73. The molecule has 1 heterocycles. The second kappa shape index (κ2) is 9.64. The number of amides is 1. The van der Waals surface area contributed by atoms with Crippen molar-refractivity contribution < 1.29 is 18.3 Å². The van der Waals surface area contributed by atoms with Gasteiger partial charge in [0.2, 0.25) is 0 Å². The summed E-state index contributed by atoms with van der Waals surface area (Å²) in [6.45, 7) is -2.34. The second-order valence-electron chi connectivity index (χ2n) is 6.37. The molecule has 0 aliphatic heterocycles.